The summed E-state index contributed by atoms with van der Waals surface area (Å²) in [5, 5.41) is 7.95. The van der Waals surface area contributed by atoms with Crippen LogP contribution in [-0.4, -0.2) is 32.0 Å². The molecule has 0 aliphatic heterocycles. The zero-order chi connectivity index (χ0) is 16.2. The predicted octanol–water partition coefficient (Wildman–Crippen LogP) is 0.926. The molecule has 9 heteroatoms. The number of anilines is 1. The number of nitrogens with two attached hydrogens (primary N) is 1. The average Bonchev–Trinajstić information content (AvgIpc) is 2.48. The lowest BCUT2D eigenvalue weighted by Crippen LogP contribution is -2.12. The van der Waals surface area contributed by atoms with Gasteiger partial charge in [-0.3, -0.25) is 0 Å². The normalized spacial score (nSPS) is 11.2. The maximum Gasteiger partial charge on any atom is 0.255 e. The Labute approximate surface area is 127 Å². The van der Waals surface area contributed by atoms with Crippen molar-refractivity contribution in [3.05, 3.63) is 41.8 Å². The molecule has 0 bridgehead atoms. The zero-order valence-electron chi connectivity index (χ0n) is 11.8. The molecular weight excluding hydrogens is 311 g/mol. The van der Waals surface area contributed by atoms with Crippen LogP contribution in [0.1, 0.15) is 5.56 Å². The predicted molar refractivity (Wildman–Crippen MR) is 78.6 cm³/mol. The molecule has 22 heavy (non-hydrogen) atoms. The van der Waals surface area contributed by atoms with E-state index >= 15 is 0 Å². The lowest BCUT2D eigenvalue weighted by Gasteiger charge is -2.07. The second kappa shape index (κ2) is 6.67. The molecule has 1 aromatic heterocycles. The van der Waals surface area contributed by atoms with Crippen LogP contribution in [0.5, 0.6) is 5.88 Å². The highest BCUT2D eigenvalue weighted by molar-refractivity contribution is 7.89. The van der Waals surface area contributed by atoms with Crippen LogP contribution in [0.2, 0.25) is 0 Å². The van der Waals surface area contributed by atoms with Crippen LogP contribution in [0.25, 0.3) is 0 Å². The molecule has 3 N–H and O–H groups in total. The van der Waals surface area contributed by atoms with E-state index in [0.717, 1.165) is 11.8 Å². The first-order chi connectivity index (χ1) is 10.4. The fourth-order valence-electron chi connectivity index (χ4n) is 1.74. The molecule has 0 atom stereocenters. The quantitative estimate of drug-likeness (QED) is 0.817. The van der Waals surface area contributed by atoms with Crippen LogP contribution >= 0.6 is 0 Å². The number of ether oxygens (including phenoxy) is 1. The van der Waals surface area contributed by atoms with Crippen LogP contribution in [0.15, 0.2) is 35.4 Å². The number of rotatable bonds is 6. The number of nitrogens with zero attached hydrogens (tertiary/aromatic N) is 2. The van der Waals surface area contributed by atoms with Gasteiger partial charge in [-0.2, -0.15) is 9.37 Å². The van der Waals surface area contributed by atoms with Gasteiger partial charge in [-0.15, -0.1) is 0 Å². The fourth-order valence-corrected chi connectivity index (χ4v) is 2.26. The number of sulfonamides is 1. The molecule has 2 aromatic rings. The minimum Gasteiger partial charge on any atom is -0.479 e. The third kappa shape index (κ3) is 4.12. The van der Waals surface area contributed by atoms with Gasteiger partial charge in [0.05, 0.1) is 18.2 Å². The fraction of sp³-hybridized carbons (Fsp3) is 0.231. The average molecular weight is 326 g/mol. The van der Waals surface area contributed by atoms with E-state index in [1.165, 1.54) is 19.2 Å². The summed E-state index contributed by atoms with van der Waals surface area (Å²) in [5.74, 6) is -0.513. The Balaban J connectivity index is 1.94. The number of hydrogen-bond acceptors (Lipinski definition) is 6. The maximum atomic E-state index is 13.2. The van der Waals surface area contributed by atoms with Crippen molar-refractivity contribution in [2.24, 2.45) is 5.14 Å². The Bertz CT molecular complexity index is 750. The van der Waals surface area contributed by atoms with Gasteiger partial charge in [0.25, 0.3) is 5.88 Å². The van der Waals surface area contributed by atoms with Crippen LogP contribution in [0.3, 0.4) is 0 Å². The molecule has 1 heterocycles. The topological polar surface area (TPSA) is 107 Å². The van der Waals surface area contributed by atoms with Crippen molar-refractivity contribution in [2.75, 3.05) is 19.0 Å². The summed E-state index contributed by atoms with van der Waals surface area (Å²) in [5.41, 5.74) is 0.911. The Hall–Kier alpha value is -2.26. The van der Waals surface area contributed by atoms with Crippen molar-refractivity contribution in [1.29, 1.82) is 0 Å². The van der Waals surface area contributed by atoms with Crippen molar-refractivity contribution in [1.82, 2.24) is 9.97 Å². The summed E-state index contributed by atoms with van der Waals surface area (Å²) in [6.45, 7) is 0.490. The molecule has 0 aliphatic carbocycles. The first-order valence-electron chi connectivity index (χ1n) is 6.32. The van der Waals surface area contributed by atoms with Crippen molar-refractivity contribution in [2.45, 2.75) is 11.3 Å². The summed E-state index contributed by atoms with van der Waals surface area (Å²) in [6.07, 6.45) is 1.63. The number of benzene rings is 1. The SMILES string of the molecule is COc1nc(NCCc2ccc(S(N)(=O)=O)cc2)ncc1F. The van der Waals surface area contributed by atoms with E-state index in [1.54, 1.807) is 12.1 Å². The molecule has 0 saturated carbocycles. The van der Waals surface area contributed by atoms with Crippen molar-refractivity contribution in [3.8, 4) is 5.88 Å². The smallest absolute Gasteiger partial charge is 0.255 e. The second-order valence-corrected chi connectivity index (χ2v) is 5.98. The Kier molecular flexibility index (Phi) is 4.88. The van der Waals surface area contributed by atoms with Crippen LogP contribution in [0, 0.1) is 5.82 Å². The minimum atomic E-state index is -3.68. The molecule has 0 unspecified atom stereocenters. The van der Waals surface area contributed by atoms with Crippen molar-refractivity contribution >= 4 is 16.0 Å². The molecule has 0 amide bonds. The number of aromatic nitrogens is 2. The maximum absolute atomic E-state index is 13.2. The standard InChI is InChI=1S/C13H15FN4O3S/c1-21-12-11(14)8-17-13(18-12)16-7-6-9-2-4-10(5-3-9)22(15,19)20/h2-5,8H,6-7H2,1H3,(H2,15,19,20)(H,16,17,18). The van der Waals surface area contributed by atoms with E-state index in [0.29, 0.717) is 13.0 Å². The molecule has 0 spiro atoms. The van der Waals surface area contributed by atoms with Crippen molar-refractivity contribution in [3.63, 3.8) is 0 Å². The van der Waals surface area contributed by atoms with E-state index < -0.39 is 15.8 Å². The van der Waals surface area contributed by atoms with Crippen LogP contribution in [0.4, 0.5) is 10.3 Å². The van der Waals surface area contributed by atoms with Crippen molar-refractivity contribution < 1.29 is 17.5 Å². The highest BCUT2D eigenvalue weighted by Gasteiger charge is 2.08. The third-order valence-electron chi connectivity index (χ3n) is 2.85. The Morgan fingerprint density at radius 1 is 1.32 bits per heavy atom. The minimum absolute atomic E-state index is 0.0656. The van der Waals surface area contributed by atoms with Gasteiger partial charge in [0.2, 0.25) is 21.8 Å². The van der Waals surface area contributed by atoms with Gasteiger partial charge in [0, 0.05) is 6.54 Å². The second-order valence-electron chi connectivity index (χ2n) is 4.42. The molecule has 118 valence electrons. The summed E-state index contributed by atoms with van der Waals surface area (Å²) in [6, 6.07) is 6.24. The lowest BCUT2D eigenvalue weighted by molar-refractivity contribution is 0.368. The van der Waals surface area contributed by atoms with E-state index in [2.05, 4.69) is 15.3 Å². The number of nitrogens with one attached hydrogen (secondary N) is 1. The van der Waals surface area contributed by atoms with E-state index in [1.807, 2.05) is 0 Å². The number of hydrogen-bond donors (Lipinski definition) is 2. The molecule has 0 radical (unpaired) electrons. The molecule has 0 fully saturated rings. The van der Waals surface area contributed by atoms with Crippen LogP contribution < -0.4 is 15.2 Å². The van der Waals surface area contributed by atoms with Gasteiger partial charge in [0.1, 0.15) is 0 Å². The molecule has 2 rings (SSSR count). The monoisotopic (exact) mass is 326 g/mol. The Morgan fingerprint density at radius 3 is 2.59 bits per heavy atom. The van der Waals surface area contributed by atoms with E-state index in [-0.39, 0.29) is 16.7 Å². The molecule has 7 nitrogen and oxygen atoms in total. The van der Waals surface area contributed by atoms with E-state index in [4.69, 9.17) is 9.88 Å². The summed E-state index contributed by atoms with van der Waals surface area (Å²) < 4.78 is 40.2. The summed E-state index contributed by atoms with van der Waals surface area (Å²) >= 11 is 0. The number of primary sulfonamides is 1. The highest BCUT2D eigenvalue weighted by atomic mass is 32.2. The van der Waals surface area contributed by atoms with Gasteiger partial charge >= 0.3 is 0 Å². The van der Waals surface area contributed by atoms with Crippen LogP contribution in [-0.2, 0) is 16.4 Å². The third-order valence-corrected chi connectivity index (χ3v) is 3.78. The van der Waals surface area contributed by atoms with E-state index in [9.17, 15) is 12.8 Å². The number of methoxy groups -OCH3 is 1. The lowest BCUT2D eigenvalue weighted by atomic mass is 10.1. The van der Waals surface area contributed by atoms with Gasteiger partial charge in [-0.1, -0.05) is 12.1 Å². The first kappa shape index (κ1) is 16.1. The number of halogens is 1. The largest absolute Gasteiger partial charge is 0.479 e. The first-order valence-corrected chi connectivity index (χ1v) is 7.87. The van der Waals surface area contributed by atoms with Gasteiger partial charge < -0.3 is 10.1 Å². The molecule has 1 aromatic carbocycles. The summed E-state index contributed by atoms with van der Waals surface area (Å²) in [4.78, 5) is 7.71. The Morgan fingerprint density at radius 2 is 2.00 bits per heavy atom. The zero-order valence-corrected chi connectivity index (χ0v) is 12.6. The van der Waals surface area contributed by atoms with Gasteiger partial charge in [-0.25, -0.2) is 18.5 Å². The van der Waals surface area contributed by atoms with Gasteiger partial charge in [0.15, 0.2) is 0 Å². The molecule has 0 saturated heterocycles. The highest BCUT2D eigenvalue weighted by Crippen LogP contribution is 2.14. The molecule has 0 aliphatic rings. The summed E-state index contributed by atoms with van der Waals surface area (Å²) in [7, 11) is -2.36. The van der Waals surface area contributed by atoms with Gasteiger partial charge in [-0.05, 0) is 24.1 Å². The molecular formula is C13H15FN4O3S.